The van der Waals surface area contributed by atoms with Crippen LogP contribution in [-0.2, 0) is 6.54 Å². The summed E-state index contributed by atoms with van der Waals surface area (Å²) in [5.41, 5.74) is 1.20. The molecule has 0 aliphatic carbocycles. The Kier molecular flexibility index (Phi) is 5.24. The molecule has 2 aromatic carbocycles. The molecule has 1 aliphatic heterocycles. The molecule has 0 bridgehead atoms. The normalized spacial score (nSPS) is 17.0. The minimum absolute atomic E-state index is 0.0652. The van der Waals surface area contributed by atoms with Gasteiger partial charge in [0.1, 0.15) is 0 Å². The number of piperidine rings is 1. The molecule has 1 fully saturated rings. The van der Waals surface area contributed by atoms with E-state index >= 15 is 0 Å². The number of hydrogen-bond donors (Lipinski definition) is 0. The maximum absolute atomic E-state index is 13.4. The number of carbonyl (C=O) groups is 1. The van der Waals surface area contributed by atoms with Crippen molar-refractivity contribution in [1.29, 1.82) is 0 Å². The monoisotopic (exact) mass is 375 g/mol. The van der Waals surface area contributed by atoms with Gasteiger partial charge in [-0.05, 0) is 37.3 Å². The maximum atomic E-state index is 13.4. The van der Waals surface area contributed by atoms with E-state index in [0.29, 0.717) is 23.0 Å². The van der Waals surface area contributed by atoms with Gasteiger partial charge in [-0.1, -0.05) is 55.5 Å². The van der Waals surface area contributed by atoms with E-state index in [-0.39, 0.29) is 17.5 Å². The Morgan fingerprint density at radius 1 is 1.04 bits per heavy atom. The van der Waals surface area contributed by atoms with Crippen LogP contribution in [-0.4, -0.2) is 33.2 Å². The molecule has 0 saturated carbocycles. The van der Waals surface area contributed by atoms with Gasteiger partial charge in [0.2, 0.25) is 0 Å². The third kappa shape index (κ3) is 3.44. The molecule has 5 nitrogen and oxygen atoms in total. The number of fused-ring (bicyclic) bond motifs is 1. The zero-order valence-corrected chi connectivity index (χ0v) is 16.2. The molecule has 28 heavy (non-hydrogen) atoms. The lowest BCUT2D eigenvalue weighted by atomic mass is 9.99. The highest BCUT2D eigenvalue weighted by Crippen LogP contribution is 2.23. The van der Waals surface area contributed by atoms with Gasteiger partial charge in [-0.3, -0.25) is 9.59 Å². The third-order valence-corrected chi connectivity index (χ3v) is 5.60. The first kappa shape index (κ1) is 18.4. The van der Waals surface area contributed by atoms with Crippen molar-refractivity contribution in [2.75, 3.05) is 6.54 Å². The molecule has 2 heterocycles. The first-order valence-electron chi connectivity index (χ1n) is 10.0. The largest absolute Gasteiger partial charge is 0.334 e. The predicted molar refractivity (Wildman–Crippen MR) is 111 cm³/mol. The Morgan fingerprint density at radius 3 is 2.50 bits per heavy atom. The van der Waals surface area contributed by atoms with Crippen LogP contribution in [0.5, 0.6) is 0 Å². The number of hydrogen-bond acceptors (Lipinski definition) is 3. The molecule has 1 aromatic heterocycles. The van der Waals surface area contributed by atoms with Gasteiger partial charge in [0.15, 0.2) is 5.69 Å². The first-order valence-corrected chi connectivity index (χ1v) is 10.0. The quantitative estimate of drug-likeness (QED) is 0.696. The number of rotatable bonds is 4. The van der Waals surface area contributed by atoms with Crippen LogP contribution in [0.3, 0.4) is 0 Å². The van der Waals surface area contributed by atoms with E-state index in [9.17, 15) is 9.59 Å². The molecule has 5 heteroatoms. The lowest BCUT2D eigenvalue weighted by Gasteiger charge is -2.35. The number of benzene rings is 2. The van der Waals surface area contributed by atoms with Crippen LogP contribution in [0.1, 0.15) is 48.7 Å². The van der Waals surface area contributed by atoms with Gasteiger partial charge in [0.25, 0.3) is 11.5 Å². The first-order chi connectivity index (χ1) is 13.7. The minimum Gasteiger partial charge on any atom is -0.334 e. The van der Waals surface area contributed by atoms with Crippen molar-refractivity contribution < 1.29 is 4.79 Å². The maximum Gasteiger partial charge on any atom is 0.275 e. The molecular formula is C23H25N3O2. The van der Waals surface area contributed by atoms with Crippen LogP contribution < -0.4 is 5.56 Å². The molecule has 0 spiro atoms. The van der Waals surface area contributed by atoms with E-state index in [0.717, 1.165) is 37.8 Å². The summed E-state index contributed by atoms with van der Waals surface area (Å²) in [5.74, 6) is -0.0652. The summed E-state index contributed by atoms with van der Waals surface area (Å²) in [6.07, 6.45) is 4.14. The van der Waals surface area contributed by atoms with Gasteiger partial charge < -0.3 is 4.90 Å². The summed E-state index contributed by atoms with van der Waals surface area (Å²) in [6, 6.07) is 17.3. The molecule has 1 aliphatic rings. The number of likely N-dealkylation sites (tertiary alicyclic amines) is 1. The zero-order chi connectivity index (χ0) is 19.5. The van der Waals surface area contributed by atoms with E-state index in [1.165, 1.54) is 4.68 Å². The molecule has 1 atom stereocenters. The van der Waals surface area contributed by atoms with Crippen LogP contribution >= 0.6 is 0 Å². The van der Waals surface area contributed by atoms with Gasteiger partial charge in [-0.2, -0.15) is 5.10 Å². The fourth-order valence-corrected chi connectivity index (χ4v) is 4.09. The van der Waals surface area contributed by atoms with Crippen LogP contribution in [0.25, 0.3) is 10.8 Å². The Hall–Kier alpha value is -2.95. The topological polar surface area (TPSA) is 55.2 Å². The number of carbonyl (C=O) groups excluding carboxylic acids is 1. The van der Waals surface area contributed by atoms with E-state index in [1.54, 1.807) is 6.07 Å². The number of nitrogens with zero attached hydrogens (tertiary/aromatic N) is 3. The van der Waals surface area contributed by atoms with Gasteiger partial charge in [0.05, 0.1) is 11.9 Å². The third-order valence-electron chi connectivity index (χ3n) is 5.60. The fraction of sp³-hybridized carbons (Fsp3) is 0.348. The van der Waals surface area contributed by atoms with Gasteiger partial charge in [0, 0.05) is 18.0 Å². The average molecular weight is 375 g/mol. The molecule has 3 aromatic rings. The number of amides is 1. The van der Waals surface area contributed by atoms with E-state index in [4.69, 9.17) is 0 Å². The van der Waals surface area contributed by atoms with Crippen molar-refractivity contribution in [3.05, 3.63) is 76.2 Å². The van der Waals surface area contributed by atoms with Crippen LogP contribution in [0.2, 0.25) is 0 Å². The zero-order valence-electron chi connectivity index (χ0n) is 16.2. The van der Waals surface area contributed by atoms with Gasteiger partial charge in [-0.15, -0.1) is 0 Å². The predicted octanol–water partition coefficient (Wildman–Crippen LogP) is 3.85. The number of aromatic nitrogens is 2. The van der Waals surface area contributed by atoms with Crippen molar-refractivity contribution >= 4 is 16.7 Å². The summed E-state index contributed by atoms with van der Waals surface area (Å²) < 4.78 is 1.43. The lowest BCUT2D eigenvalue weighted by Crippen LogP contribution is -2.44. The highest BCUT2D eigenvalue weighted by atomic mass is 16.2. The Morgan fingerprint density at radius 2 is 1.75 bits per heavy atom. The molecule has 1 amide bonds. The summed E-state index contributed by atoms with van der Waals surface area (Å²) in [7, 11) is 0. The SMILES string of the molecule is CCC1CCCCN1C(=O)c1nn(Cc2ccccc2)c(=O)c2ccccc12. The molecule has 1 unspecified atom stereocenters. The van der Waals surface area contributed by atoms with Crippen LogP contribution in [0.15, 0.2) is 59.4 Å². The Bertz CT molecular complexity index is 1040. The van der Waals surface area contributed by atoms with Gasteiger partial charge in [-0.25, -0.2) is 4.68 Å². The van der Waals surface area contributed by atoms with Crippen molar-refractivity contribution in [3.8, 4) is 0 Å². The lowest BCUT2D eigenvalue weighted by molar-refractivity contribution is 0.0601. The van der Waals surface area contributed by atoms with Crippen LogP contribution in [0.4, 0.5) is 0 Å². The van der Waals surface area contributed by atoms with Crippen molar-refractivity contribution in [2.24, 2.45) is 0 Å². The summed E-state index contributed by atoms with van der Waals surface area (Å²) in [6.45, 7) is 3.23. The smallest absolute Gasteiger partial charge is 0.275 e. The minimum atomic E-state index is -0.165. The second-order valence-electron chi connectivity index (χ2n) is 7.40. The average Bonchev–Trinajstić information content (AvgIpc) is 2.76. The van der Waals surface area contributed by atoms with Crippen molar-refractivity contribution in [1.82, 2.24) is 14.7 Å². The van der Waals surface area contributed by atoms with Crippen LogP contribution in [0, 0.1) is 0 Å². The van der Waals surface area contributed by atoms with Crippen molar-refractivity contribution in [2.45, 2.75) is 45.2 Å². The second kappa shape index (κ2) is 7.97. The van der Waals surface area contributed by atoms with E-state index in [1.807, 2.05) is 53.4 Å². The molecule has 144 valence electrons. The molecular weight excluding hydrogens is 350 g/mol. The van der Waals surface area contributed by atoms with Crippen molar-refractivity contribution in [3.63, 3.8) is 0 Å². The molecule has 4 rings (SSSR count). The fourth-order valence-electron chi connectivity index (χ4n) is 4.09. The summed E-state index contributed by atoms with van der Waals surface area (Å²) >= 11 is 0. The van der Waals surface area contributed by atoms with Gasteiger partial charge >= 0.3 is 0 Å². The summed E-state index contributed by atoms with van der Waals surface area (Å²) in [4.78, 5) is 28.4. The molecule has 0 N–H and O–H groups in total. The standard InChI is InChI=1S/C23H25N3O2/c1-2-18-12-8-9-15-25(18)23(28)21-19-13-6-7-14-20(19)22(27)26(24-21)16-17-10-4-3-5-11-17/h3-7,10-11,13-14,18H,2,8-9,12,15-16H2,1H3. The molecule has 0 radical (unpaired) electrons. The van der Waals surface area contributed by atoms with E-state index < -0.39 is 0 Å². The Labute approximate surface area is 164 Å². The molecule has 1 saturated heterocycles. The second-order valence-corrected chi connectivity index (χ2v) is 7.40. The summed E-state index contributed by atoms with van der Waals surface area (Å²) in [5, 5.41) is 5.74. The Balaban J connectivity index is 1.82. The highest BCUT2D eigenvalue weighted by Gasteiger charge is 2.29. The highest BCUT2D eigenvalue weighted by molar-refractivity contribution is 6.04. The van der Waals surface area contributed by atoms with E-state index in [2.05, 4.69) is 12.0 Å².